The maximum atomic E-state index is 13.9. The average molecular weight is 527 g/mol. The molecule has 0 radical (unpaired) electrons. The van der Waals surface area contributed by atoms with E-state index in [2.05, 4.69) is 21.0 Å². The molecule has 33 heavy (non-hydrogen) atoms. The number of fused-ring (bicyclic) bond motifs is 4. The lowest BCUT2D eigenvalue weighted by Crippen LogP contribution is -2.67. The summed E-state index contributed by atoms with van der Waals surface area (Å²) in [5.41, 5.74) is -1.37. The molecule has 1 spiro atoms. The molecule has 3 aliphatic heterocycles. The van der Waals surface area contributed by atoms with Crippen LogP contribution in [0.3, 0.4) is 0 Å². The fourth-order valence-corrected chi connectivity index (χ4v) is 6.64. The SMILES string of the molecule is O[C@H]1O[C@]2(C(F)(F)F)CC[C@]13c1cc4cnn(-c5ccc(F)cc5)c4c(Br)c1OCC[C@@H]3C2. The minimum atomic E-state index is -4.56. The van der Waals surface area contributed by atoms with Gasteiger partial charge in [0, 0.05) is 10.9 Å². The fourth-order valence-electron chi connectivity index (χ4n) is 5.92. The zero-order valence-electron chi connectivity index (χ0n) is 17.2. The molecular formula is C23H19BrF4N2O3. The lowest BCUT2D eigenvalue weighted by Gasteiger charge is -2.59. The van der Waals surface area contributed by atoms with Crippen molar-refractivity contribution in [2.45, 2.75) is 49.2 Å². The van der Waals surface area contributed by atoms with Crippen LogP contribution in [0.4, 0.5) is 17.6 Å². The Morgan fingerprint density at radius 1 is 1.18 bits per heavy atom. The van der Waals surface area contributed by atoms with Gasteiger partial charge in [0.15, 0.2) is 11.9 Å². The summed E-state index contributed by atoms with van der Waals surface area (Å²) in [6.07, 6.45) is -4.44. The van der Waals surface area contributed by atoms with Gasteiger partial charge in [-0.25, -0.2) is 9.07 Å². The molecular weight excluding hydrogens is 508 g/mol. The number of aliphatic hydroxyl groups excluding tert-OH is 1. The summed E-state index contributed by atoms with van der Waals surface area (Å²) in [6, 6.07) is 7.72. The average Bonchev–Trinajstić information content (AvgIpc) is 3.12. The Labute approximate surface area is 194 Å². The molecule has 1 saturated carbocycles. The van der Waals surface area contributed by atoms with Gasteiger partial charge < -0.3 is 14.6 Å². The molecule has 3 fully saturated rings. The van der Waals surface area contributed by atoms with Gasteiger partial charge in [0.05, 0.1) is 33.9 Å². The van der Waals surface area contributed by atoms with Gasteiger partial charge in [-0.1, -0.05) is 0 Å². The van der Waals surface area contributed by atoms with Crippen molar-refractivity contribution in [3.63, 3.8) is 0 Å². The summed E-state index contributed by atoms with van der Waals surface area (Å²) in [6.45, 7) is 0.217. The zero-order chi connectivity index (χ0) is 23.2. The molecule has 4 heterocycles. The van der Waals surface area contributed by atoms with Crippen molar-refractivity contribution in [3.05, 3.63) is 52.4 Å². The molecule has 0 amide bonds. The van der Waals surface area contributed by atoms with Crippen molar-refractivity contribution in [2.24, 2.45) is 5.92 Å². The molecule has 5 nitrogen and oxygen atoms in total. The standard InChI is InChI=1S/C23H19BrF4N2O3/c24-17-18-12(11-29-30(18)15-3-1-14(25)2-4-15)9-16-19(17)32-8-5-13-10-21(23(26,27)28)6-7-22(13,16)20(31)33-21/h1-4,9,11,13,20,31H,5-8,10H2/t13-,20+,21-,22+/m1/s1. The van der Waals surface area contributed by atoms with Crippen molar-refractivity contribution in [3.8, 4) is 11.4 Å². The van der Waals surface area contributed by atoms with Crippen molar-refractivity contribution >= 4 is 26.8 Å². The normalized spacial score (nSPS) is 31.1. The summed E-state index contributed by atoms with van der Waals surface area (Å²) in [5, 5.41) is 16.2. The van der Waals surface area contributed by atoms with E-state index in [1.807, 2.05) is 6.07 Å². The van der Waals surface area contributed by atoms with Crippen LogP contribution in [0, 0.1) is 11.7 Å². The van der Waals surface area contributed by atoms with Gasteiger partial charge in [-0.05, 0) is 77.9 Å². The molecule has 4 aliphatic rings. The summed E-state index contributed by atoms with van der Waals surface area (Å²) >= 11 is 3.63. The molecule has 3 aromatic rings. The first-order valence-corrected chi connectivity index (χ1v) is 11.5. The highest BCUT2D eigenvalue weighted by molar-refractivity contribution is 9.10. The molecule has 2 bridgehead atoms. The predicted molar refractivity (Wildman–Crippen MR) is 114 cm³/mol. The van der Waals surface area contributed by atoms with Gasteiger partial charge in [-0.2, -0.15) is 18.3 Å². The van der Waals surface area contributed by atoms with Crippen LogP contribution in [0.1, 0.15) is 31.2 Å². The van der Waals surface area contributed by atoms with E-state index in [1.54, 1.807) is 23.0 Å². The van der Waals surface area contributed by atoms with E-state index < -0.39 is 29.4 Å². The Hall–Kier alpha value is -2.17. The second-order valence-corrected chi connectivity index (χ2v) is 9.87. The summed E-state index contributed by atoms with van der Waals surface area (Å²) in [7, 11) is 0. The van der Waals surface area contributed by atoms with Crippen LogP contribution in [0.15, 0.2) is 41.0 Å². The molecule has 7 rings (SSSR count). The highest BCUT2D eigenvalue weighted by atomic mass is 79.9. The molecule has 10 heteroatoms. The van der Waals surface area contributed by atoms with Crippen LogP contribution in [0.25, 0.3) is 16.6 Å². The topological polar surface area (TPSA) is 56.5 Å². The lowest BCUT2D eigenvalue weighted by atomic mass is 9.55. The number of benzene rings is 2. The van der Waals surface area contributed by atoms with E-state index >= 15 is 0 Å². The zero-order valence-corrected chi connectivity index (χ0v) is 18.8. The quantitative estimate of drug-likeness (QED) is 0.431. The number of nitrogens with zero attached hydrogens (tertiary/aromatic N) is 2. The van der Waals surface area contributed by atoms with E-state index in [-0.39, 0.29) is 31.7 Å². The van der Waals surface area contributed by atoms with Crippen molar-refractivity contribution in [1.29, 1.82) is 0 Å². The van der Waals surface area contributed by atoms with Crippen LogP contribution in [-0.4, -0.2) is 39.6 Å². The molecule has 2 saturated heterocycles. The van der Waals surface area contributed by atoms with Gasteiger partial charge in [-0.3, -0.25) is 0 Å². The molecule has 1 N–H and O–H groups in total. The summed E-state index contributed by atoms with van der Waals surface area (Å²) in [5.74, 6) is -0.345. The molecule has 1 aliphatic carbocycles. The van der Waals surface area contributed by atoms with Crippen LogP contribution in [-0.2, 0) is 10.2 Å². The van der Waals surface area contributed by atoms with E-state index in [0.717, 1.165) is 0 Å². The summed E-state index contributed by atoms with van der Waals surface area (Å²) in [4.78, 5) is 0. The smallest absolute Gasteiger partial charge is 0.417 e. The third kappa shape index (κ3) is 2.80. The van der Waals surface area contributed by atoms with E-state index in [0.29, 0.717) is 38.8 Å². The van der Waals surface area contributed by atoms with Crippen molar-refractivity contribution in [1.82, 2.24) is 9.78 Å². The van der Waals surface area contributed by atoms with Gasteiger partial charge in [0.25, 0.3) is 0 Å². The number of aliphatic hydroxyl groups is 1. The number of hydrogen-bond acceptors (Lipinski definition) is 4. The Balaban J connectivity index is 1.53. The van der Waals surface area contributed by atoms with Gasteiger partial charge in [-0.15, -0.1) is 0 Å². The number of hydrogen-bond donors (Lipinski definition) is 1. The Kier molecular flexibility index (Phi) is 4.49. The van der Waals surface area contributed by atoms with E-state index in [9.17, 15) is 22.7 Å². The van der Waals surface area contributed by atoms with Crippen LogP contribution in [0.2, 0.25) is 0 Å². The highest BCUT2D eigenvalue weighted by Crippen LogP contribution is 2.64. The Morgan fingerprint density at radius 3 is 2.64 bits per heavy atom. The number of halogens is 5. The maximum Gasteiger partial charge on any atom is 0.417 e. The second kappa shape index (κ2) is 6.93. The van der Waals surface area contributed by atoms with Crippen molar-refractivity contribution in [2.75, 3.05) is 6.61 Å². The van der Waals surface area contributed by atoms with Gasteiger partial charge in [0.1, 0.15) is 11.6 Å². The minimum Gasteiger partial charge on any atom is -0.492 e. The minimum absolute atomic E-state index is 0.138. The first-order chi connectivity index (χ1) is 15.7. The summed E-state index contributed by atoms with van der Waals surface area (Å²) < 4.78 is 68.8. The first kappa shape index (κ1) is 21.4. The number of aromatic nitrogens is 2. The lowest BCUT2D eigenvalue weighted by molar-refractivity contribution is -0.383. The third-order valence-electron chi connectivity index (χ3n) is 7.58. The Bertz CT molecular complexity index is 1260. The van der Waals surface area contributed by atoms with E-state index in [1.165, 1.54) is 12.1 Å². The number of rotatable bonds is 1. The molecule has 174 valence electrons. The number of alkyl halides is 3. The monoisotopic (exact) mass is 526 g/mol. The van der Waals surface area contributed by atoms with Crippen molar-refractivity contribution < 1.29 is 32.1 Å². The van der Waals surface area contributed by atoms with Crippen LogP contribution < -0.4 is 4.74 Å². The molecule has 0 unspecified atom stereocenters. The fraction of sp³-hybridized carbons (Fsp3) is 0.435. The Morgan fingerprint density at radius 2 is 1.94 bits per heavy atom. The third-order valence-corrected chi connectivity index (χ3v) is 8.31. The molecule has 1 aromatic heterocycles. The van der Waals surface area contributed by atoms with Crippen LogP contribution in [0.5, 0.6) is 5.75 Å². The predicted octanol–water partition coefficient (Wildman–Crippen LogP) is 5.40. The highest BCUT2D eigenvalue weighted by Gasteiger charge is 2.70. The van der Waals surface area contributed by atoms with Gasteiger partial charge >= 0.3 is 6.18 Å². The first-order valence-electron chi connectivity index (χ1n) is 10.7. The largest absolute Gasteiger partial charge is 0.492 e. The second-order valence-electron chi connectivity index (χ2n) is 9.08. The van der Waals surface area contributed by atoms with Crippen LogP contribution >= 0.6 is 15.9 Å². The maximum absolute atomic E-state index is 13.9. The molecule has 4 atom stereocenters. The van der Waals surface area contributed by atoms with Gasteiger partial charge in [0.2, 0.25) is 0 Å². The molecule has 2 aromatic carbocycles. The van der Waals surface area contributed by atoms with E-state index in [4.69, 9.17) is 9.47 Å². The number of ether oxygens (including phenoxy) is 2.